The topological polar surface area (TPSA) is 46.9 Å². The van der Waals surface area contributed by atoms with Crippen LogP contribution in [0.2, 0.25) is 0 Å². The predicted molar refractivity (Wildman–Crippen MR) is 80.4 cm³/mol. The van der Waals surface area contributed by atoms with Gasteiger partial charge >= 0.3 is 0 Å². The van der Waals surface area contributed by atoms with Gasteiger partial charge in [0.1, 0.15) is 0 Å². The second kappa shape index (κ2) is 6.09. The molecule has 0 saturated heterocycles. The first-order valence-electron chi connectivity index (χ1n) is 6.56. The molecule has 1 aromatic heterocycles. The first-order chi connectivity index (χ1) is 9.58. The molecule has 0 bridgehead atoms. The monoisotopic (exact) mass is 291 g/mol. The Morgan fingerprint density at radius 2 is 2.10 bits per heavy atom. The van der Waals surface area contributed by atoms with Crippen molar-refractivity contribution in [3.8, 4) is 5.69 Å². The summed E-state index contributed by atoms with van der Waals surface area (Å²) in [6, 6.07) is 9.66. The maximum Gasteiger partial charge on any atom is 0.254 e. The Labute approximate surface area is 123 Å². The number of benzene rings is 1. The lowest BCUT2D eigenvalue weighted by Gasteiger charge is -2.26. The van der Waals surface area contributed by atoms with Crippen molar-refractivity contribution < 1.29 is 4.79 Å². The van der Waals surface area contributed by atoms with Crippen LogP contribution in [-0.2, 0) is 0 Å². The van der Waals surface area contributed by atoms with Crippen molar-refractivity contribution in [2.24, 2.45) is 0 Å². The third-order valence-electron chi connectivity index (χ3n) is 3.36. The highest BCUT2D eigenvalue weighted by Crippen LogP contribution is 2.13. The summed E-state index contributed by atoms with van der Waals surface area (Å²) in [7, 11) is 0. The van der Waals surface area contributed by atoms with Gasteiger partial charge in [0.2, 0.25) is 0 Å². The van der Waals surface area contributed by atoms with Gasteiger partial charge in [-0.3, -0.25) is 4.79 Å². The Hall–Kier alpha value is -1.81. The smallest absolute Gasteiger partial charge is 0.254 e. The number of alkyl halides is 1. The van der Waals surface area contributed by atoms with E-state index in [4.69, 9.17) is 11.6 Å². The lowest BCUT2D eigenvalue weighted by molar-refractivity contribution is 0.0912. The number of para-hydroxylation sites is 1. The van der Waals surface area contributed by atoms with E-state index in [0.29, 0.717) is 11.4 Å². The summed E-state index contributed by atoms with van der Waals surface area (Å²) in [5, 5.41) is 7.16. The zero-order valence-corrected chi connectivity index (χ0v) is 12.4. The molecule has 1 unspecified atom stereocenters. The Bertz CT molecular complexity index is 576. The molecule has 1 atom stereocenters. The van der Waals surface area contributed by atoms with Crippen LogP contribution in [0.25, 0.3) is 5.69 Å². The summed E-state index contributed by atoms with van der Waals surface area (Å²) in [6.07, 6.45) is 4.05. The average Bonchev–Trinajstić information content (AvgIpc) is 2.98. The van der Waals surface area contributed by atoms with Gasteiger partial charge in [0, 0.05) is 12.1 Å². The number of carbonyl (C=O) groups excluding carboxylic acids is 1. The minimum absolute atomic E-state index is 0.155. The fourth-order valence-corrected chi connectivity index (χ4v) is 1.98. The fraction of sp³-hybridized carbons (Fsp3) is 0.333. The third-order valence-corrected chi connectivity index (χ3v) is 3.95. The maximum absolute atomic E-state index is 12.2. The van der Waals surface area contributed by atoms with Gasteiger partial charge < -0.3 is 5.32 Å². The second-order valence-electron chi connectivity index (χ2n) is 5.01. The minimum atomic E-state index is -0.395. The summed E-state index contributed by atoms with van der Waals surface area (Å²) in [5.74, 6) is 0.222. The zero-order chi connectivity index (χ0) is 14.6. The van der Waals surface area contributed by atoms with E-state index in [-0.39, 0.29) is 5.91 Å². The third kappa shape index (κ3) is 3.20. The fourth-order valence-electron chi connectivity index (χ4n) is 1.72. The SMILES string of the molecule is CCC(C)(CCl)NC(=O)c1cnn(-c2ccccc2)c1. The van der Waals surface area contributed by atoms with E-state index in [1.165, 1.54) is 0 Å². The van der Waals surface area contributed by atoms with E-state index in [1.807, 2.05) is 44.2 Å². The average molecular weight is 292 g/mol. The molecule has 1 aromatic carbocycles. The minimum Gasteiger partial charge on any atom is -0.346 e. The van der Waals surface area contributed by atoms with Gasteiger partial charge in [-0.1, -0.05) is 25.1 Å². The summed E-state index contributed by atoms with van der Waals surface area (Å²) in [5.41, 5.74) is 1.05. The van der Waals surface area contributed by atoms with Crippen LogP contribution in [0.15, 0.2) is 42.7 Å². The number of amides is 1. The molecule has 0 saturated carbocycles. The largest absolute Gasteiger partial charge is 0.346 e. The molecule has 5 heteroatoms. The molecule has 0 spiro atoms. The summed E-state index contributed by atoms with van der Waals surface area (Å²) in [6.45, 7) is 3.93. The Morgan fingerprint density at radius 1 is 1.40 bits per heavy atom. The molecule has 20 heavy (non-hydrogen) atoms. The number of hydrogen-bond acceptors (Lipinski definition) is 2. The van der Waals surface area contributed by atoms with Crippen molar-refractivity contribution in [1.29, 1.82) is 0 Å². The molecule has 1 N–H and O–H groups in total. The van der Waals surface area contributed by atoms with E-state index in [2.05, 4.69) is 10.4 Å². The van der Waals surface area contributed by atoms with Crippen LogP contribution in [0.5, 0.6) is 0 Å². The van der Waals surface area contributed by atoms with Crippen LogP contribution < -0.4 is 5.32 Å². The Kier molecular flexibility index (Phi) is 4.45. The number of hydrogen-bond donors (Lipinski definition) is 1. The van der Waals surface area contributed by atoms with Crippen LogP contribution >= 0.6 is 11.6 Å². The van der Waals surface area contributed by atoms with Gasteiger partial charge in [-0.25, -0.2) is 4.68 Å². The predicted octanol–water partition coefficient (Wildman–Crippen LogP) is 3.01. The van der Waals surface area contributed by atoms with Gasteiger partial charge in [0.15, 0.2) is 0 Å². The van der Waals surface area contributed by atoms with E-state index >= 15 is 0 Å². The molecule has 2 aromatic rings. The molecule has 4 nitrogen and oxygen atoms in total. The molecule has 1 heterocycles. The number of nitrogens with one attached hydrogen (secondary N) is 1. The van der Waals surface area contributed by atoms with Crippen molar-refractivity contribution >= 4 is 17.5 Å². The van der Waals surface area contributed by atoms with Crippen molar-refractivity contribution in [3.05, 3.63) is 48.3 Å². The number of aromatic nitrogens is 2. The molecule has 0 aliphatic heterocycles. The van der Waals surface area contributed by atoms with Crippen LogP contribution in [0.3, 0.4) is 0 Å². The molecular weight excluding hydrogens is 274 g/mol. The van der Waals surface area contributed by atoms with Crippen molar-refractivity contribution in [3.63, 3.8) is 0 Å². The molecule has 0 fully saturated rings. The molecule has 106 valence electrons. The quantitative estimate of drug-likeness (QED) is 0.861. The summed E-state index contributed by atoms with van der Waals surface area (Å²) < 4.78 is 1.68. The van der Waals surface area contributed by atoms with Gasteiger partial charge in [0.25, 0.3) is 5.91 Å². The molecule has 0 aliphatic rings. The lowest BCUT2D eigenvalue weighted by Crippen LogP contribution is -2.47. The van der Waals surface area contributed by atoms with Gasteiger partial charge in [-0.15, -0.1) is 11.6 Å². The lowest BCUT2D eigenvalue weighted by atomic mass is 10.0. The molecule has 2 rings (SSSR count). The van der Waals surface area contributed by atoms with Gasteiger partial charge in [0.05, 0.1) is 23.0 Å². The van der Waals surface area contributed by atoms with E-state index in [1.54, 1.807) is 17.1 Å². The van der Waals surface area contributed by atoms with Crippen LogP contribution in [0, 0.1) is 0 Å². The molecular formula is C15H18ClN3O. The van der Waals surface area contributed by atoms with Crippen LogP contribution in [0.1, 0.15) is 30.6 Å². The normalized spacial score (nSPS) is 13.8. The number of carbonyl (C=O) groups is 1. The molecule has 1 amide bonds. The van der Waals surface area contributed by atoms with E-state index < -0.39 is 5.54 Å². The highest BCUT2D eigenvalue weighted by atomic mass is 35.5. The van der Waals surface area contributed by atoms with Crippen LogP contribution in [0.4, 0.5) is 0 Å². The van der Waals surface area contributed by atoms with Gasteiger partial charge in [-0.2, -0.15) is 5.10 Å². The number of halogens is 1. The van der Waals surface area contributed by atoms with Gasteiger partial charge in [-0.05, 0) is 25.5 Å². The Morgan fingerprint density at radius 3 is 2.70 bits per heavy atom. The molecule has 0 radical (unpaired) electrons. The number of nitrogens with zero attached hydrogens (tertiary/aromatic N) is 2. The summed E-state index contributed by atoms with van der Waals surface area (Å²) in [4.78, 5) is 12.2. The van der Waals surface area contributed by atoms with Crippen molar-refractivity contribution in [2.45, 2.75) is 25.8 Å². The first-order valence-corrected chi connectivity index (χ1v) is 7.10. The number of rotatable bonds is 5. The van der Waals surface area contributed by atoms with Crippen molar-refractivity contribution in [2.75, 3.05) is 5.88 Å². The van der Waals surface area contributed by atoms with E-state index in [0.717, 1.165) is 12.1 Å². The van der Waals surface area contributed by atoms with E-state index in [9.17, 15) is 4.79 Å². The zero-order valence-electron chi connectivity index (χ0n) is 11.6. The first kappa shape index (κ1) is 14.6. The van der Waals surface area contributed by atoms with Crippen LogP contribution in [-0.4, -0.2) is 27.1 Å². The molecule has 0 aliphatic carbocycles. The highest BCUT2D eigenvalue weighted by Gasteiger charge is 2.24. The second-order valence-corrected chi connectivity index (χ2v) is 5.28. The summed E-state index contributed by atoms with van der Waals surface area (Å²) >= 11 is 5.91. The highest BCUT2D eigenvalue weighted by molar-refractivity contribution is 6.18. The maximum atomic E-state index is 12.2. The van der Waals surface area contributed by atoms with Crippen molar-refractivity contribution in [1.82, 2.24) is 15.1 Å². The standard InChI is InChI=1S/C15H18ClN3O/c1-3-15(2,11-16)18-14(20)12-9-17-19(10-12)13-7-5-4-6-8-13/h4-10H,3,11H2,1-2H3,(H,18,20). The Balaban J connectivity index is 2.15.